The van der Waals surface area contributed by atoms with Gasteiger partial charge in [-0.05, 0) is 0 Å². The molecule has 0 radical (unpaired) electrons. The van der Waals surface area contributed by atoms with E-state index in [0.29, 0.717) is 11.6 Å². The van der Waals surface area contributed by atoms with Crippen LogP contribution in [0, 0.1) is 0 Å². The Labute approximate surface area is 80.5 Å². The van der Waals surface area contributed by atoms with Crippen molar-refractivity contribution >= 4 is 23.5 Å². The number of rotatable bonds is 3. The van der Waals surface area contributed by atoms with Gasteiger partial charge in [-0.3, -0.25) is 4.79 Å². The third-order valence-electron chi connectivity index (χ3n) is 1.54. The summed E-state index contributed by atoms with van der Waals surface area (Å²) in [5.74, 6) is -0.264. The second-order valence-electron chi connectivity index (χ2n) is 2.64. The lowest BCUT2D eigenvalue weighted by Crippen LogP contribution is -2.43. The minimum absolute atomic E-state index is 0.215. The van der Waals surface area contributed by atoms with Gasteiger partial charge in [0.1, 0.15) is 6.04 Å². The van der Waals surface area contributed by atoms with Crippen molar-refractivity contribution in [2.45, 2.75) is 6.04 Å². The van der Waals surface area contributed by atoms with Crippen LogP contribution in [0.3, 0.4) is 0 Å². The molecule has 5 nitrogen and oxygen atoms in total. The summed E-state index contributed by atoms with van der Waals surface area (Å²) in [5, 5.41) is 7.79. The highest BCUT2D eigenvalue weighted by molar-refractivity contribution is 6.29. The number of carbonyl (C=O) groups excluding carboxylic acids is 2. The molecule has 1 heterocycles. The molecule has 0 spiro atoms. The van der Waals surface area contributed by atoms with E-state index < -0.39 is 6.04 Å². The fourth-order valence-electron chi connectivity index (χ4n) is 0.920. The molecule has 1 rings (SSSR count). The van der Waals surface area contributed by atoms with Crippen molar-refractivity contribution in [1.29, 1.82) is 0 Å². The molecule has 1 aliphatic heterocycles. The van der Waals surface area contributed by atoms with E-state index in [2.05, 4.69) is 22.5 Å². The van der Waals surface area contributed by atoms with E-state index in [1.165, 1.54) is 0 Å². The molecule has 0 unspecified atom stereocenters. The number of hydrogen-bond acceptors (Lipinski definition) is 2. The highest BCUT2D eigenvalue weighted by Crippen LogP contribution is 1.94. The summed E-state index contributed by atoms with van der Waals surface area (Å²) < 4.78 is 0. The lowest BCUT2D eigenvalue weighted by molar-refractivity contribution is -0.122. The Balaban J connectivity index is 2.31. The molecule has 3 amide bonds. The molecule has 0 aromatic rings. The van der Waals surface area contributed by atoms with Crippen molar-refractivity contribution in [2.75, 3.05) is 13.1 Å². The van der Waals surface area contributed by atoms with Gasteiger partial charge in [-0.15, -0.1) is 0 Å². The van der Waals surface area contributed by atoms with Gasteiger partial charge in [0, 0.05) is 11.6 Å². The molecule has 13 heavy (non-hydrogen) atoms. The Morgan fingerprint density at radius 2 is 2.46 bits per heavy atom. The van der Waals surface area contributed by atoms with Gasteiger partial charge in [0.2, 0.25) is 5.91 Å². The van der Waals surface area contributed by atoms with E-state index in [0.717, 1.165) is 0 Å². The normalized spacial score (nSPS) is 20.4. The zero-order valence-electron chi connectivity index (χ0n) is 6.89. The van der Waals surface area contributed by atoms with Crippen LogP contribution in [0.1, 0.15) is 0 Å². The molecule has 1 aliphatic rings. The molecule has 0 bridgehead atoms. The van der Waals surface area contributed by atoms with E-state index in [1.807, 2.05) is 0 Å². The van der Waals surface area contributed by atoms with Gasteiger partial charge in [0.15, 0.2) is 0 Å². The zero-order valence-corrected chi connectivity index (χ0v) is 7.65. The molecule has 0 saturated carbocycles. The van der Waals surface area contributed by atoms with Gasteiger partial charge in [0.25, 0.3) is 0 Å². The first kappa shape index (κ1) is 9.85. The molecule has 0 aromatic heterocycles. The molecular weight excluding hydrogens is 194 g/mol. The third kappa shape index (κ3) is 2.95. The Kier molecular flexibility index (Phi) is 3.13. The summed E-state index contributed by atoms with van der Waals surface area (Å²) in [4.78, 5) is 21.9. The summed E-state index contributed by atoms with van der Waals surface area (Å²) >= 11 is 5.45. The van der Waals surface area contributed by atoms with Gasteiger partial charge >= 0.3 is 6.03 Å². The number of nitrogens with one attached hydrogen (secondary N) is 3. The predicted molar refractivity (Wildman–Crippen MR) is 48.3 cm³/mol. The smallest absolute Gasteiger partial charge is 0.315 e. The fraction of sp³-hybridized carbons (Fsp3) is 0.429. The molecule has 1 atom stereocenters. The molecule has 72 valence electrons. The van der Waals surface area contributed by atoms with Crippen molar-refractivity contribution in [3.63, 3.8) is 0 Å². The highest BCUT2D eigenvalue weighted by atomic mass is 35.5. The van der Waals surface area contributed by atoms with Crippen LogP contribution < -0.4 is 16.0 Å². The number of hydrogen-bond donors (Lipinski definition) is 3. The first-order valence-electron chi connectivity index (χ1n) is 3.75. The van der Waals surface area contributed by atoms with Gasteiger partial charge in [-0.25, -0.2) is 4.79 Å². The second kappa shape index (κ2) is 4.13. The van der Waals surface area contributed by atoms with Crippen molar-refractivity contribution < 1.29 is 9.59 Å². The zero-order chi connectivity index (χ0) is 9.84. The van der Waals surface area contributed by atoms with Crippen LogP contribution in [-0.4, -0.2) is 31.1 Å². The quantitative estimate of drug-likeness (QED) is 0.581. The summed E-state index contributed by atoms with van der Waals surface area (Å²) in [7, 11) is 0. The minimum atomic E-state index is -0.511. The average molecular weight is 204 g/mol. The van der Waals surface area contributed by atoms with Crippen molar-refractivity contribution in [1.82, 2.24) is 16.0 Å². The lowest BCUT2D eigenvalue weighted by Gasteiger charge is -2.08. The largest absolute Gasteiger partial charge is 0.349 e. The van der Waals surface area contributed by atoms with Crippen molar-refractivity contribution in [2.24, 2.45) is 0 Å². The van der Waals surface area contributed by atoms with Crippen LogP contribution in [0.2, 0.25) is 0 Å². The Hall–Kier alpha value is -1.23. The van der Waals surface area contributed by atoms with Crippen LogP contribution in [0.25, 0.3) is 0 Å². The standard InChI is InChI=1S/C7H10ClN3O2/c1-4(8)2-9-6(12)5-3-10-7(13)11-5/h5H,1-3H2,(H,9,12)(H2,10,11,13)/t5-/m0/s1. The summed E-state index contributed by atoms with van der Waals surface area (Å²) in [5.41, 5.74) is 0. The van der Waals surface area contributed by atoms with E-state index in [4.69, 9.17) is 11.6 Å². The average Bonchev–Trinajstić information content (AvgIpc) is 2.47. The van der Waals surface area contributed by atoms with Crippen LogP contribution >= 0.6 is 11.6 Å². The molecule has 3 N–H and O–H groups in total. The fourth-order valence-corrected chi connectivity index (χ4v) is 0.986. The number of carbonyl (C=O) groups is 2. The third-order valence-corrected chi connectivity index (χ3v) is 1.68. The molecular formula is C7H10ClN3O2. The SMILES string of the molecule is C=C(Cl)CNC(=O)[C@@H]1CNC(=O)N1. The second-order valence-corrected chi connectivity index (χ2v) is 3.18. The lowest BCUT2D eigenvalue weighted by atomic mass is 10.3. The molecule has 0 aromatic carbocycles. The summed E-state index contributed by atoms with van der Waals surface area (Å²) in [6, 6.07) is -0.839. The first-order valence-corrected chi connectivity index (χ1v) is 4.13. The minimum Gasteiger partial charge on any atom is -0.349 e. The predicted octanol–water partition coefficient (Wildman–Crippen LogP) is -0.463. The molecule has 1 saturated heterocycles. The molecule has 0 aliphatic carbocycles. The Morgan fingerprint density at radius 3 is 2.92 bits per heavy atom. The monoisotopic (exact) mass is 203 g/mol. The maximum Gasteiger partial charge on any atom is 0.315 e. The molecule has 6 heteroatoms. The Bertz CT molecular complexity index is 254. The van der Waals surface area contributed by atoms with Gasteiger partial charge in [-0.2, -0.15) is 0 Å². The van der Waals surface area contributed by atoms with Gasteiger partial charge in [-0.1, -0.05) is 18.2 Å². The number of halogens is 1. The van der Waals surface area contributed by atoms with Crippen LogP contribution in [0.15, 0.2) is 11.6 Å². The van der Waals surface area contributed by atoms with Gasteiger partial charge < -0.3 is 16.0 Å². The van der Waals surface area contributed by atoms with Crippen LogP contribution in [0.5, 0.6) is 0 Å². The van der Waals surface area contributed by atoms with E-state index in [-0.39, 0.29) is 18.5 Å². The highest BCUT2D eigenvalue weighted by Gasteiger charge is 2.26. The number of amides is 3. The van der Waals surface area contributed by atoms with Crippen LogP contribution in [0.4, 0.5) is 4.79 Å². The Morgan fingerprint density at radius 1 is 1.77 bits per heavy atom. The topological polar surface area (TPSA) is 70.2 Å². The molecule has 1 fully saturated rings. The van der Waals surface area contributed by atoms with Crippen LogP contribution in [-0.2, 0) is 4.79 Å². The van der Waals surface area contributed by atoms with E-state index >= 15 is 0 Å². The van der Waals surface area contributed by atoms with Crippen molar-refractivity contribution in [3.8, 4) is 0 Å². The van der Waals surface area contributed by atoms with E-state index in [1.54, 1.807) is 0 Å². The number of urea groups is 1. The summed E-state index contributed by atoms with van der Waals surface area (Å²) in [6.45, 7) is 3.94. The first-order chi connectivity index (χ1) is 6.09. The maximum atomic E-state index is 11.2. The van der Waals surface area contributed by atoms with Gasteiger partial charge in [0.05, 0.1) is 6.54 Å². The van der Waals surface area contributed by atoms with E-state index in [9.17, 15) is 9.59 Å². The summed E-state index contributed by atoms with van der Waals surface area (Å²) in [6.07, 6.45) is 0. The maximum absolute atomic E-state index is 11.2. The van der Waals surface area contributed by atoms with Crippen molar-refractivity contribution in [3.05, 3.63) is 11.6 Å².